The zero-order chi connectivity index (χ0) is 16.4. The molecule has 0 radical (unpaired) electrons. The molecule has 1 heterocycles. The number of hydrogen-bond donors (Lipinski definition) is 2. The van der Waals surface area contributed by atoms with E-state index in [1.165, 1.54) is 0 Å². The smallest absolute Gasteiger partial charge is 0.306 e. The second-order valence-electron chi connectivity index (χ2n) is 7.04. The fourth-order valence-corrected chi connectivity index (χ4v) is 3.84. The van der Waals surface area contributed by atoms with Crippen molar-refractivity contribution in [1.29, 1.82) is 0 Å². The maximum absolute atomic E-state index is 12.7. The molecule has 23 heavy (non-hydrogen) atoms. The summed E-state index contributed by atoms with van der Waals surface area (Å²) in [6, 6.07) is 1.76. The van der Waals surface area contributed by atoms with Crippen LogP contribution in [0.25, 0.3) is 0 Å². The van der Waals surface area contributed by atoms with Crippen LogP contribution in [0.2, 0.25) is 0 Å². The van der Waals surface area contributed by atoms with Crippen LogP contribution in [0, 0.1) is 17.8 Å². The molecule has 124 valence electrons. The molecule has 2 fully saturated rings. The summed E-state index contributed by atoms with van der Waals surface area (Å²) < 4.78 is 0. The molecule has 1 amide bonds. The largest absolute Gasteiger partial charge is 0.481 e. The molecular formula is C17H23N3O3. The predicted molar refractivity (Wildman–Crippen MR) is 83.3 cm³/mol. The molecule has 6 heteroatoms. The van der Waals surface area contributed by atoms with Gasteiger partial charge in [0.15, 0.2) is 5.82 Å². The van der Waals surface area contributed by atoms with E-state index < -0.39 is 17.4 Å². The van der Waals surface area contributed by atoms with Gasteiger partial charge in [-0.05, 0) is 50.5 Å². The lowest BCUT2D eigenvalue weighted by atomic mass is 9.73. The molecule has 1 unspecified atom stereocenters. The molecule has 3 atom stereocenters. The number of rotatable bonds is 4. The maximum atomic E-state index is 12.7. The van der Waals surface area contributed by atoms with Crippen LogP contribution in [0.3, 0.4) is 0 Å². The van der Waals surface area contributed by atoms with Crippen molar-refractivity contribution in [3.05, 3.63) is 24.3 Å². The van der Waals surface area contributed by atoms with Gasteiger partial charge < -0.3 is 10.4 Å². The Balaban J connectivity index is 1.71. The zero-order valence-electron chi connectivity index (χ0n) is 13.4. The van der Waals surface area contributed by atoms with Gasteiger partial charge in [0.1, 0.15) is 0 Å². The van der Waals surface area contributed by atoms with Gasteiger partial charge in [-0.3, -0.25) is 9.59 Å². The van der Waals surface area contributed by atoms with Crippen LogP contribution >= 0.6 is 0 Å². The van der Waals surface area contributed by atoms with Crippen molar-refractivity contribution >= 4 is 11.9 Å². The van der Waals surface area contributed by atoms with Gasteiger partial charge in [-0.15, -0.1) is 0 Å². The minimum absolute atomic E-state index is 0.0463. The summed E-state index contributed by atoms with van der Waals surface area (Å²) in [5.74, 6) is -0.570. The lowest BCUT2D eigenvalue weighted by Gasteiger charge is -2.42. The molecule has 2 saturated carbocycles. The molecule has 2 aliphatic rings. The number of carboxylic acid groups (broad SMARTS) is 1. The summed E-state index contributed by atoms with van der Waals surface area (Å²) in [5.41, 5.74) is -0.461. The predicted octanol–water partition coefficient (Wildman–Crippen LogP) is 2.11. The van der Waals surface area contributed by atoms with E-state index in [0.29, 0.717) is 18.7 Å². The van der Waals surface area contributed by atoms with Gasteiger partial charge in [0.05, 0.1) is 11.5 Å². The molecule has 0 bridgehead atoms. The molecule has 1 aromatic rings. The number of aromatic nitrogens is 2. The molecule has 0 saturated heterocycles. The van der Waals surface area contributed by atoms with Crippen molar-refractivity contribution in [3.63, 3.8) is 0 Å². The van der Waals surface area contributed by atoms with E-state index in [9.17, 15) is 14.7 Å². The number of hydrogen-bond acceptors (Lipinski definition) is 4. The number of nitrogens with one attached hydrogen (secondary N) is 1. The molecule has 0 spiro atoms. The molecule has 0 aromatic carbocycles. The minimum Gasteiger partial charge on any atom is -0.481 e. The van der Waals surface area contributed by atoms with E-state index in [1.54, 1.807) is 18.5 Å². The van der Waals surface area contributed by atoms with Crippen molar-refractivity contribution in [2.45, 2.75) is 51.0 Å². The highest BCUT2D eigenvalue weighted by atomic mass is 16.4. The van der Waals surface area contributed by atoms with Gasteiger partial charge in [0, 0.05) is 18.3 Å². The highest BCUT2D eigenvalue weighted by molar-refractivity contribution is 5.81. The Kier molecular flexibility index (Phi) is 4.33. The summed E-state index contributed by atoms with van der Waals surface area (Å²) in [4.78, 5) is 32.6. The topological polar surface area (TPSA) is 92.2 Å². The number of aliphatic carboxylic acids is 1. The van der Waals surface area contributed by atoms with Gasteiger partial charge in [-0.25, -0.2) is 9.97 Å². The monoisotopic (exact) mass is 317 g/mol. The molecule has 1 aromatic heterocycles. The van der Waals surface area contributed by atoms with E-state index in [2.05, 4.69) is 15.3 Å². The van der Waals surface area contributed by atoms with Crippen molar-refractivity contribution in [1.82, 2.24) is 15.3 Å². The van der Waals surface area contributed by atoms with Crippen molar-refractivity contribution in [2.75, 3.05) is 0 Å². The first-order valence-electron chi connectivity index (χ1n) is 8.32. The lowest BCUT2D eigenvalue weighted by molar-refractivity contribution is -0.145. The third-order valence-corrected chi connectivity index (χ3v) is 5.23. The van der Waals surface area contributed by atoms with Gasteiger partial charge in [0.25, 0.3) is 0 Å². The van der Waals surface area contributed by atoms with Crippen molar-refractivity contribution < 1.29 is 14.7 Å². The molecule has 3 rings (SSSR count). The highest BCUT2D eigenvalue weighted by Gasteiger charge is 2.44. The fourth-order valence-electron chi connectivity index (χ4n) is 3.84. The molecule has 0 aliphatic heterocycles. The Hall–Kier alpha value is -1.98. The Morgan fingerprint density at radius 1 is 1.17 bits per heavy atom. The summed E-state index contributed by atoms with van der Waals surface area (Å²) in [7, 11) is 0. The summed E-state index contributed by atoms with van der Waals surface area (Å²) in [6.45, 7) is 2.02. The lowest BCUT2D eigenvalue weighted by Crippen LogP contribution is -2.54. The fraction of sp³-hybridized carbons (Fsp3) is 0.647. The number of carbonyl (C=O) groups is 2. The summed E-state index contributed by atoms with van der Waals surface area (Å²) in [5, 5.41) is 12.4. The third kappa shape index (κ3) is 3.21. The highest BCUT2D eigenvalue weighted by Crippen LogP contribution is 2.41. The second kappa shape index (κ2) is 6.26. The normalized spacial score (nSPS) is 29.3. The van der Waals surface area contributed by atoms with Crippen LogP contribution in [0.15, 0.2) is 18.5 Å². The van der Waals surface area contributed by atoms with Gasteiger partial charge in [0.2, 0.25) is 5.91 Å². The first kappa shape index (κ1) is 15.9. The van der Waals surface area contributed by atoms with E-state index >= 15 is 0 Å². The van der Waals surface area contributed by atoms with Crippen LogP contribution in [0.4, 0.5) is 0 Å². The van der Waals surface area contributed by atoms with Gasteiger partial charge in [-0.1, -0.05) is 6.92 Å². The Labute approximate surface area is 135 Å². The van der Waals surface area contributed by atoms with E-state index in [-0.39, 0.29) is 17.7 Å². The number of nitrogens with zero attached hydrogens (tertiary/aromatic N) is 2. The minimum atomic E-state index is -0.792. The van der Waals surface area contributed by atoms with E-state index in [4.69, 9.17) is 0 Å². The Morgan fingerprint density at radius 2 is 1.83 bits per heavy atom. The van der Waals surface area contributed by atoms with Crippen molar-refractivity contribution in [2.24, 2.45) is 17.8 Å². The second-order valence-corrected chi connectivity index (χ2v) is 7.04. The van der Waals surface area contributed by atoms with Gasteiger partial charge >= 0.3 is 5.97 Å². The molecule has 6 nitrogen and oxygen atoms in total. The first-order valence-corrected chi connectivity index (χ1v) is 8.32. The number of amides is 1. The Morgan fingerprint density at radius 3 is 2.39 bits per heavy atom. The zero-order valence-corrected chi connectivity index (χ0v) is 13.4. The van der Waals surface area contributed by atoms with Gasteiger partial charge in [-0.2, -0.15) is 0 Å². The molecule has 2 aliphatic carbocycles. The average molecular weight is 317 g/mol. The van der Waals surface area contributed by atoms with E-state index in [1.807, 2.05) is 6.92 Å². The summed E-state index contributed by atoms with van der Waals surface area (Å²) in [6.07, 6.45) is 7.94. The number of carboxylic acids is 1. The van der Waals surface area contributed by atoms with Crippen LogP contribution in [-0.4, -0.2) is 27.0 Å². The van der Waals surface area contributed by atoms with Crippen LogP contribution in [-0.2, 0) is 15.1 Å². The average Bonchev–Trinajstić information content (AvgIpc) is 2.51. The third-order valence-electron chi connectivity index (χ3n) is 5.23. The Bertz CT molecular complexity index is 586. The SMILES string of the molecule is CC1C[C@@H](C(=O)O)C[C@@H](C(=O)NC2(c3ncccn3)CCC2)C1. The molecular weight excluding hydrogens is 294 g/mol. The van der Waals surface area contributed by atoms with Crippen LogP contribution in [0.1, 0.15) is 51.3 Å². The van der Waals surface area contributed by atoms with E-state index in [0.717, 1.165) is 25.7 Å². The van der Waals surface area contributed by atoms with Crippen LogP contribution in [0.5, 0.6) is 0 Å². The number of carbonyl (C=O) groups excluding carboxylic acids is 1. The summed E-state index contributed by atoms with van der Waals surface area (Å²) >= 11 is 0. The first-order chi connectivity index (χ1) is 11.0. The quantitative estimate of drug-likeness (QED) is 0.887. The van der Waals surface area contributed by atoms with Crippen molar-refractivity contribution in [3.8, 4) is 0 Å². The maximum Gasteiger partial charge on any atom is 0.306 e. The standard InChI is InChI=1S/C17H23N3O3/c1-11-8-12(10-13(9-11)15(22)23)14(21)20-17(4-2-5-17)16-18-6-3-7-19-16/h3,6-7,11-13H,2,4-5,8-10H2,1H3,(H,20,21)(H,22,23)/t11?,12-,13+/m0/s1. The van der Waals surface area contributed by atoms with Crippen LogP contribution < -0.4 is 5.32 Å². The molecule has 2 N–H and O–H groups in total.